The van der Waals surface area contributed by atoms with Gasteiger partial charge in [-0.05, 0) is 37.3 Å². The summed E-state index contributed by atoms with van der Waals surface area (Å²) < 4.78 is 56.2. The summed E-state index contributed by atoms with van der Waals surface area (Å²) in [5, 5.41) is 5.72. The highest BCUT2D eigenvalue weighted by Gasteiger charge is 2.32. The first-order chi connectivity index (χ1) is 15.3. The summed E-state index contributed by atoms with van der Waals surface area (Å²) in [6, 6.07) is 7.89. The van der Waals surface area contributed by atoms with Crippen molar-refractivity contribution in [3.8, 4) is 11.5 Å². The van der Waals surface area contributed by atoms with Crippen LogP contribution in [0.15, 0.2) is 36.4 Å². The molecule has 1 fully saturated rings. The molecule has 10 heteroatoms. The third-order valence-corrected chi connectivity index (χ3v) is 5.25. The number of hydrogen-bond donors (Lipinski definition) is 2. The van der Waals surface area contributed by atoms with Crippen molar-refractivity contribution >= 4 is 23.0 Å². The van der Waals surface area contributed by atoms with Crippen molar-refractivity contribution in [3.63, 3.8) is 0 Å². The largest absolute Gasteiger partial charge is 0.486 e. The van der Waals surface area contributed by atoms with Crippen molar-refractivity contribution < 1.29 is 32.2 Å². The van der Waals surface area contributed by atoms with Crippen molar-refractivity contribution in [2.45, 2.75) is 19.1 Å². The van der Waals surface area contributed by atoms with Crippen molar-refractivity contribution in [1.82, 2.24) is 0 Å². The van der Waals surface area contributed by atoms with Gasteiger partial charge in [0.05, 0.1) is 30.2 Å². The van der Waals surface area contributed by atoms with E-state index in [4.69, 9.17) is 14.2 Å². The Bertz CT molecular complexity index is 977. The van der Waals surface area contributed by atoms with Gasteiger partial charge < -0.3 is 29.7 Å². The van der Waals surface area contributed by atoms with Gasteiger partial charge in [0.2, 0.25) is 5.91 Å². The molecule has 7 nitrogen and oxygen atoms in total. The zero-order valence-electron chi connectivity index (χ0n) is 17.5. The second-order valence-corrected chi connectivity index (χ2v) is 7.54. The van der Waals surface area contributed by atoms with Gasteiger partial charge in [-0.15, -0.1) is 0 Å². The first kappa shape index (κ1) is 22.1. The van der Waals surface area contributed by atoms with Gasteiger partial charge >= 0.3 is 6.18 Å². The van der Waals surface area contributed by atoms with E-state index in [1.165, 1.54) is 6.07 Å². The van der Waals surface area contributed by atoms with Crippen LogP contribution in [0.5, 0.6) is 11.5 Å². The number of nitrogens with one attached hydrogen (secondary N) is 2. The van der Waals surface area contributed by atoms with Crippen LogP contribution in [0, 0.1) is 0 Å². The number of nitrogens with zero attached hydrogens (tertiary/aromatic N) is 1. The third kappa shape index (κ3) is 5.01. The minimum atomic E-state index is -4.52. The Morgan fingerprint density at radius 3 is 2.44 bits per heavy atom. The van der Waals surface area contributed by atoms with Crippen LogP contribution in [0.3, 0.4) is 0 Å². The summed E-state index contributed by atoms with van der Waals surface area (Å²) in [5.41, 5.74) is 0.454. The molecule has 0 saturated carbocycles. The second-order valence-electron chi connectivity index (χ2n) is 7.54. The Balaban J connectivity index is 1.51. The van der Waals surface area contributed by atoms with E-state index in [1.54, 1.807) is 25.1 Å². The molecular weight excluding hydrogens is 427 g/mol. The summed E-state index contributed by atoms with van der Waals surface area (Å²) in [6.07, 6.45) is -4.52. The second kappa shape index (κ2) is 9.15. The molecule has 2 aromatic carbocycles. The van der Waals surface area contributed by atoms with E-state index in [9.17, 15) is 18.0 Å². The first-order valence-corrected chi connectivity index (χ1v) is 10.3. The molecule has 32 heavy (non-hydrogen) atoms. The number of carbonyl (C=O) groups excluding carboxylic acids is 1. The van der Waals surface area contributed by atoms with Crippen LogP contribution in [0.2, 0.25) is 0 Å². The van der Waals surface area contributed by atoms with Gasteiger partial charge in [-0.1, -0.05) is 0 Å². The molecule has 2 aliphatic rings. The Kier molecular flexibility index (Phi) is 6.31. The number of carbonyl (C=O) groups is 1. The highest BCUT2D eigenvalue weighted by molar-refractivity contribution is 5.99. The predicted octanol–water partition coefficient (Wildman–Crippen LogP) is 3.75. The van der Waals surface area contributed by atoms with Crippen LogP contribution < -0.4 is 25.0 Å². The molecule has 172 valence electrons. The maximum absolute atomic E-state index is 13.3. The number of alkyl halides is 3. The first-order valence-electron chi connectivity index (χ1n) is 10.3. The number of anilines is 3. The molecule has 1 atom stereocenters. The number of fused-ring (bicyclic) bond motifs is 1. The fraction of sp³-hybridized carbons (Fsp3) is 0.409. The number of hydrogen-bond acceptors (Lipinski definition) is 6. The van der Waals surface area contributed by atoms with E-state index < -0.39 is 23.7 Å². The molecule has 4 rings (SSSR count). The van der Waals surface area contributed by atoms with Crippen molar-refractivity contribution in [1.29, 1.82) is 0 Å². The highest BCUT2D eigenvalue weighted by atomic mass is 19.4. The lowest BCUT2D eigenvalue weighted by molar-refractivity contribution is -0.137. The van der Waals surface area contributed by atoms with E-state index in [-0.39, 0.29) is 5.69 Å². The molecule has 2 aromatic rings. The Morgan fingerprint density at radius 2 is 1.72 bits per heavy atom. The lowest BCUT2D eigenvalue weighted by Crippen LogP contribution is -2.37. The van der Waals surface area contributed by atoms with Gasteiger partial charge in [0.25, 0.3) is 0 Å². The number of rotatable bonds is 5. The summed E-state index contributed by atoms with van der Waals surface area (Å²) in [5.74, 6) is 0.730. The fourth-order valence-corrected chi connectivity index (χ4v) is 3.58. The normalized spacial score (nSPS) is 16.9. The minimum absolute atomic E-state index is 0.113. The molecule has 2 N–H and O–H groups in total. The SMILES string of the molecule is CC(Nc1ccc2c(c1)OCCO2)C(=O)Nc1cc(C(F)(F)F)ccc1N1CCOCC1. The van der Waals surface area contributed by atoms with Crippen molar-refractivity contribution in [3.05, 3.63) is 42.0 Å². The number of halogens is 3. The van der Waals surface area contributed by atoms with Gasteiger partial charge in [-0.2, -0.15) is 13.2 Å². The quantitative estimate of drug-likeness (QED) is 0.722. The van der Waals surface area contributed by atoms with E-state index >= 15 is 0 Å². The molecule has 2 heterocycles. The van der Waals surface area contributed by atoms with E-state index in [2.05, 4.69) is 10.6 Å². The van der Waals surface area contributed by atoms with Crippen LogP contribution in [0.1, 0.15) is 12.5 Å². The maximum Gasteiger partial charge on any atom is 0.416 e. The van der Waals surface area contributed by atoms with E-state index in [0.29, 0.717) is 62.4 Å². The number of ether oxygens (including phenoxy) is 3. The summed E-state index contributed by atoms with van der Waals surface area (Å²) in [6.45, 7) is 4.53. The number of morpholine rings is 1. The third-order valence-electron chi connectivity index (χ3n) is 5.25. The predicted molar refractivity (Wildman–Crippen MR) is 114 cm³/mol. The summed E-state index contributed by atoms with van der Waals surface area (Å²) in [7, 11) is 0. The lowest BCUT2D eigenvalue weighted by Gasteiger charge is -2.31. The molecule has 2 aliphatic heterocycles. The molecule has 0 aliphatic carbocycles. The fourth-order valence-electron chi connectivity index (χ4n) is 3.58. The Hall–Kier alpha value is -3.14. The Labute approximate surface area is 183 Å². The van der Waals surface area contributed by atoms with Gasteiger partial charge in [0, 0.05) is 24.8 Å². The number of amides is 1. The van der Waals surface area contributed by atoms with Crippen LogP contribution in [0.25, 0.3) is 0 Å². The average molecular weight is 451 g/mol. The topological polar surface area (TPSA) is 72.1 Å². The van der Waals surface area contributed by atoms with Gasteiger partial charge in [0.15, 0.2) is 11.5 Å². The molecule has 1 unspecified atom stereocenters. The van der Waals surface area contributed by atoms with Crippen LogP contribution in [-0.2, 0) is 15.7 Å². The van der Waals surface area contributed by atoms with Crippen molar-refractivity contribution in [2.75, 3.05) is 55.1 Å². The molecule has 0 radical (unpaired) electrons. The maximum atomic E-state index is 13.3. The lowest BCUT2D eigenvalue weighted by atomic mass is 10.1. The molecule has 0 bridgehead atoms. The summed E-state index contributed by atoms with van der Waals surface area (Å²) in [4.78, 5) is 14.7. The van der Waals surface area contributed by atoms with Gasteiger partial charge in [0.1, 0.15) is 19.3 Å². The van der Waals surface area contributed by atoms with E-state index in [0.717, 1.165) is 12.1 Å². The van der Waals surface area contributed by atoms with Gasteiger partial charge in [-0.25, -0.2) is 0 Å². The smallest absolute Gasteiger partial charge is 0.416 e. The molecule has 1 saturated heterocycles. The molecule has 1 amide bonds. The minimum Gasteiger partial charge on any atom is -0.486 e. The Morgan fingerprint density at radius 1 is 1.00 bits per heavy atom. The van der Waals surface area contributed by atoms with E-state index in [1.807, 2.05) is 4.90 Å². The van der Waals surface area contributed by atoms with Crippen LogP contribution >= 0.6 is 0 Å². The van der Waals surface area contributed by atoms with Crippen molar-refractivity contribution in [2.24, 2.45) is 0 Å². The molecule has 0 spiro atoms. The monoisotopic (exact) mass is 451 g/mol. The van der Waals surface area contributed by atoms with Gasteiger partial charge in [-0.3, -0.25) is 4.79 Å². The zero-order chi connectivity index (χ0) is 22.7. The highest BCUT2D eigenvalue weighted by Crippen LogP contribution is 2.36. The average Bonchev–Trinajstić information content (AvgIpc) is 2.79. The van der Waals surface area contributed by atoms with Crippen LogP contribution in [0.4, 0.5) is 30.2 Å². The molecule has 0 aromatic heterocycles. The number of benzene rings is 2. The molecular formula is C22H24F3N3O4. The standard InChI is InChI=1S/C22H24F3N3O4/c1-14(26-16-3-5-19-20(13-16)32-11-10-31-19)21(29)27-17-12-15(22(23,24)25)2-4-18(17)28-6-8-30-9-7-28/h2-5,12-14,26H,6-11H2,1H3,(H,27,29). The van der Waals surface area contributed by atoms with Crippen LogP contribution in [-0.4, -0.2) is 51.5 Å². The zero-order valence-corrected chi connectivity index (χ0v) is 17.5. The summed E-state index contributed by atoms with van der Waals surface area (Å²) >= 11 is 0.